The van der Waals surface area contributed by atoms with Crippen LogP contribution >= 0.6 is 0 Å². The molecule has 0 radical (unpaired) electrons. The molecule has 1 unspecified atom stereocenters. The van der Waals surface area contributed by atoms with E-state index in [1.54, 1.807) is 23.1 Å². The summed E-state index contributed by atoms with van der Waals surface area (Å²) in [6, 6.07) is 7.19. The van der Waals surface area contributed by atoms with Crippen molar-refractivity contribution in [3.63, 3.8) is 0 Å². The molecule has 2 aliphatic heterocycles. The van der Waals surface area contributed by atoms with Crippen LogP contribution in [-0.4, -0.2) is 42.0 Å². The van der Waals surface area contributed by atoms with E-state index in [2.05, 4.69) is 0 Å². The number of fused-ring (bicyclic) bond motifs is 2. The highest BCUT2D eigenvalue weighted by Crippen LogP contribution is 2.38. The lowest BCUT2D eigenvalue weighted by molar-refractivity contribution is -0.385. The molecule has 0 aromatic heterocycles. The van der Waals surface area contributed by atoms with E-state index in [1.807, 2.05) is 0 Å². The molecule has 4 rings (SSSR count). The first kappa shape index (κ1) is 20.3. The van der Waals surface area contributed by atoms with E-state index in [0.29, 0.717) is 18.5 Å². The largest absolute Gasteiger partial charge is 0.454 e. The van der Waals surface area contributed by atoms with Crippen molar-refractivity contribution < 1.29 is 33.5 Å². The van der Waals surface area contributed by atoms with Gasteiger partial charge in [-0.2, -0.15) is 0 Å². The first-order chi connectivity index (χ1) is 14.8. The van der Waals surface area contributed by atoms with Crippen molar-refractivity contribution in [3.05, 3.63) is 57.1 Å². The van der Waals surface area contributed by atoms with Crippen molar-refractivity contribution in [2.24, 2.45) is 0 Å². The number of nitro groups is 1. The molecule has 0 aliphatic carbocycles. The fourth-order valence-corrected chi connectivity index (χ4v) is 3.64. The topological polar surface area (TPSA) is 125 Å². The number of ether oxygens (including phenoxy) is 3. The highest BCUT2D eigenvalue weighted by atomic mass is 16.7. The summed E-state index contributed by atoms with van der Waals surface area (Å²) in [5, 5.41) is 11.4. The molecule has 2 aliphatic rings. The Bertz CT molecular complexity index is 1130. The van der Waals surface area contributed by atoms with Crippen LogP contribution in [-0.2, 0) is 16.0 Å². The van der Waals surface area contributed by atoms with Gasteiger partial charge in [-0.05, 0) is 37.1 Å². The van der Waals surface area contributed by atoms with Gasteiger partial charge in [0, 0.05) is 30.8 Å². The van der Waals surface area contributed by atoms with Crippen LogP contribution in [0.5, 0.6) is 11.5 Å². The second kappa shape index (κ2) is 7.71. The van der Waals surface area contributed by atoms with Gasteiger partial charge < -0.3 is 19.1 Å². The quantitative estimate of drug-likeness (QED) is 0.309. The van der Waals surface area contributed by atoms with Crippen molar-refractivity contribution in [1.82, 2.24) is 0 Å². The van der Waals surface area contributed by atoms with Crippen molar-refractivity contribution in [2.45, 2.75) is 26.4 Å². The lowest BCUT2D eigenvalue weighted by atomic mass is 10.0. The maximum atomic E-state index is 12.8. The number of rotatable bonds is 5. The van der Waals surface area contributed by atoms with Crippen LogP contribution < -0.4 is 14.4 Å². The number of esters is 1. The average molecular weight is 426 g/mol. The molecule has 10 heteroatoms. The molecule has 0 N–H and O–H groups in total. The number of amides is 1. The second-order valence-corrected chi connectivity index (χ2v) is 7.16. The monoisotopic (exact) mass is 426 g/mol. The van der Waals surface area contributed by atoms with Crippen molar-refractivity contribution in [3.8, 4) is 11.5 Å². The Morgan fingerprint density at radius 2 is 1.87 bits per heavy atom. The smallest absolute Gasteiger partial charge is 0.346 e. The Morgan fingerprint density at radius 3 is 2.55 bits per heavy atom. The number of carbonyl (C=O) groups is 3. The maximum Gasteiger partial charge on any atom is 0.346 e. The highest BCUT2D eigenvalue weighted by molar-refractivity contribution is 6.03. The summed E-state index contributed by atoms with van der Waals surface area (Å²) >= 11 is 0. The fourth-order valence-electron chi connectivity index (χ4n) is 3.64. The summed E-state index contributed by atoms with van der Waals surface area (Å²) in [5.74, 6) is -1.21. The SMILES string of the molecule is CC(=O)N1CCc2cc(C(=O)C(C)OC(=O)c3cc4c(cc3[N+](=O)[O-])OCO4)ccc21. The summed E-state index contributed by atoms with van der Waals surface area (Å²) < 4.78 is 15.5. The van der Waals surface area contributed by atoms with Gasteiger partial charge >= 0.3 is 5.97 Å². The zero-order valence-corrected chi connectivity index (χ0v) is 16.7. The number of nitro benzene ring substituents is 1. The first-order valence-electron chi connectivity index (χ1n) is 9.50. The number of benzene rings is 2. The molecule has 0 saturated heterocycles. The Morgan fingerprint density at radius 1 is 1.16 bits per heavy atom. The summed E-state index contributed by atoms with van der Waals surface area (Å²) in [4.78, 5) is 49.3. The number of carbonyl (C=O) groups excluding carboxylic acids is 3. The lowest BCUT2D eigenvalue weighted by Gasteiger charge is -2.16. The van der Waals surface area contributed by atoms with Gasteiger partial charge in [-0.15, -0.1) is 0 Å². The van der Waals surface area contributed by atoms with Crippen molar-refractivity contribution >= 4 is 29.0 Å². The predicted octanol–water partition coefficient (Wildman–Crippen LogP) is 2.66. The van der Waals surface area contributed by atoms with E-state index >= 15 is 0 Å². The van der Waals surface area contributed by atoms with Gasteiger partial charge in [-0.1, -0.05) is 0 Å². The van der Waals surface area contributed by atoms with Gasteiger partial charge in [0.2, 0.25) is 18.5 Å². The molecular formula is C21H18N2O8. The Kier molecular flexibility index (Phi) is 5.05. The molecule has 2 aromatic rings. The van der Waals surface area contributed by atoms with Crippen molar-refractivity contribution in [1.29, 1.82) is 0 Å². The average Bonchev–Trinajstić information content (AvgIpc) is 3.37. The molecular weight excluding hydrogens is 408 g/mol. The van der Waals surface area contributed by atoms with E-state index in [4.69, 9.17) is 14.2 Å². The van der Waals surface area contributed by atoms with Crippen LogP contribution in [0.25, 0.3) is 0 Å². The third kappa shape index (κ3) is 3.67. The Labute approximate surface area is 176 Å². The molecule has 160 valence electrons. The predicted molar refractivity (Wildman–Crippen MR) is 107 cm³/mol. The zero-order valence-electron chi connectivity index (χ0n) is 16.7. The summed E-state index contributed by atoms with van der Waals surface area (Å²) in [6.07, 6.45) is -0.561. The Balaban J connectivity index is 1.53. The van der Waals surface area contributed by atoms with Gasteiger partial charge in [0.15, 0.2) is 17.6 Å². The van der Waals surface area contributed by atoms with Gasteiger partial charge in [-0.25, -0.2) is 4.79 Å². The molecule has 0 fully saturated rings. The summed E-state index contributed by atoms with van der Waals surface area (Å²) in [7, 11) is 0. The van der Waals surface area contributed by atoms with E-state index in [0.717, 1.165) is 17.3 Å². The number of anilines is 1. The fraction of sp³-hybridized carbons (Fsp3) is 0.286. The summed E-state index contributed by atoms with van der Waals surface area (Å²) in [5.41, 5.74) is 1.09. The Hall–Kier alpha value is -3.95. The van der Waals surface area contributed by atoms with E-state index in [1.165, 1.54) is 19.9 Å². The first-order valence-corrected chi connectivity index (χ1v) is 9.50. The lowest BCUT2D eigenvalue weighted by Crippen LogP contribution is -2.26. The van der Waals surface area contributed by atoms with Crippen LogP contribution in [0.1, 0.15) is 40.1 Å². The number of nitrogens with zero attached hydrogens (tertiary/aromatic N) is 2. The van der Waals surface area contributed by atoms with E-state index in [-0.39, 0.29) is 29.8 Å². The van der Waals surface area contributed by atoms with Gasteiger partial charge in [0.25, 0.3) is 5.69 Å². The van der Waals surface area contributed by atoms with Gasteiger partial charge in [-0.3, -0.25) is 19.7 Å². The molecule has 1 atom stereocenters. The maximum absolute atomic E-state index is 12.8. The standard InChI is InChI=1S/C21H18N2O8/c1-11(20(25)14-3-4-16-13(7-14)5-6-22(16)12(2)24)31-21(26)15-8-18-19(30-10-29-18)9-17(15)23(27)28/h3-4,7-9,11H,5-6,10H2,1-2H3. The minimum absolute atomic E-state index is 0.0783. The van der Waals surface area contributed by atoms with E-state index < -0.39 is 28.5 Å². The molecule has 10 nitrogen and oxygen atoms in total. The van der Waals surface area contributed by atoms with Crippen LogP contribution in [0.4, 0.5) is 11.4 Å². The number of hydrogen-bond donors (Lipinski definition) is 0. The van der Waals surface area contributed by atoms with Crippen LogP contribution in [0.15, 0.2) is 30.3 Å². The zero-order chi connectivity index (χ0) is 22.3. The molecule has 0 saturated carbocycles. The molecule has 2 aromatic carbocycles. The molecule has 31 heavy (non-hydrogen) atoms. The minimum Gasteiger partial charge on any atom is -0.454 e. The third-order valence-electron chi connectivity index (χ3n) is 5.20. The minimum atomic E-state index is -1.18. The van der Waals surface area contributed by atoms with Crippen LogP contribution in [0.2, 0.25) is 0 Å². The molecule has 1 amide bonds. The molecule has 0 spiro atoms. The van der Waals surface area contributed by atoms with Crippen LogP contribution in [0.3, 0.4) is 0 Å². The van der Waals surface area contributed by atoms with Crippen LogP contribution in [0, 0.1) is 10.1 Å². The van der Waals surface area contributed by atoms with Gasteiger partial charge in [0.1, 0.15) is 5.56 Å². The van der Waals surface area contributed by atoms with Crippen molar-refractivity contribution in [2.75, 3.05) is 18.2 Å². The third-order valence-corrected chi connectivity index (χ3v) is 5.20. The summed E-state index contributed by atoms with van der Waals surface area (Å²) in [6.45, 7) is 3.30. The number of Topliss-reactive ketones (excluding diaryl/α,β-unsaturated/α-hetero) is 1. The number of hydrogen-bond acceptors (Lipinski definition) is 8. The number of ketones is 1. The second-order valence-electron chi connectivity index (χ2n) is 7.16. The normalized spacial score (nSPS) is 14.7. The molecule has 0 bridgehead atoms. The van der Waals surface area contributed by atoms with E-state index in [9.17, 15) is 24.5 Å². The molecule has 2 heterocycles. The highest BCUT2D eigenvalue weighted by Gasteiger charge is 2.31. The van der Waals surface area contributed by atoms with Gasteiger partial charge in [0.05, 0.1) is 11.0 Å².